The summed E-state index contributed by atoms with van der Waals surface area (Å²) in [5.41, 5.74) is 5.05. The van der Waals surface area contributed by atoms with Crippen LogP contribution in [-0.4, -0.2) is 55.2 Å². The molecule has 5 aromatic rings. The zero-order valence-corrected chi connectivity index (χ0v) is 22.6. The maximum Gasteiger partial charge on any atom is 0.317 e. The van der Waals surface area contributed by atoms with Crippen LogP contribution in [0.4, 0.5) is 4.79 Å². The van der Waals surface area contributed by atoms with Gasteiger partial charge < -0.3 is 14.6 Å². The summed E-state index contributed by atoms with van der Waals surface area (Å²) in [6.45, 7) is 0. The fraction of sp³-hybridized carbons (Fsp3) is 0.286. The monoisotopic (exact) mass is 547 g/mol. The summed E-state index contributed by atoms with van der Waals surface area (Å²) in [5.74, 6) is 0. The molecule has 0 bridgehead atoms. The molecule has 2 amide bonds. The van der Waals surface area contributed by atoms with E-state index in [0.29, 0.717) is 27.3 Å². The maximum absolute atomic E-state index is 12.0. The SMILES string of the molecule is CN(C)C(=O)N[C@H]1CC[C@H](n2cc(-c3cnc4ccn5cc(-c6c(Cl)cccc6Cl)nc5c4c3)cn2)CC1. The molecule has 0 saturated heterocycles. The van der Waals surface area contributed by atoms with Crippen LogP contribution in [0.3, 0.4) is 0 Å². The Labute approximate surface area is 230 Å². The highest BCUT2D eigenvalue weighted by Crippen LogP contribution is 2.35. The van der Waals surface area contributed by atoms with Gasteiger partial charge in [-0.15, -0.1) is 0 Å². The third kappa shape index (κ3) is 4.59. The number of halogens is 2. The van der Waals surface area contributed by atoms with E-state index in [9.17, 15) is 4.79 Å². The number of hydrogen-bond acceptors (Lipinski definition) is 4. The number of hydrogen-bond donors (Lipinski definition) is 1. The van der Waals surface area contributed by atoms with Crippen molar-refractivity contribution in [1.82, 2.24) is 34.4 Å². The summed E-state index contributed by atoms with van der Waals surface area (Å²) in [6, 6.07) is 10.0. The van der Waals surface area contributed by atoms with Crippen LogP contribution in [0, 0.1) is 0 Å². The van der Waals surface area contributed by atoms with Gasteiger partial charge in [0.15, 0.2) is 0 Å². The molecule has 1 fully saturated rings. The van der Waals surface area contributed by atoms with Gasteiger partial charge >= 0.3 is 6.03 Å². The molecule has 8 nitrogen and oxygen atoms in total. The normalized spacial score (nSPS) is 17.7. The van der Waals surface area contributed by atoms with Gasteiger partial charge in [-0.05, 0) is 49.9 Å². The summed E-state index contributed by atoms with van der Waals surface area (Å²) in [4.78, 5) is 23.1. The minimum Gasteiger partial charge on any atom is -0.335 e. The van der Waals surface area contributed by atoms with Crippen molar-refractivity contribution in [3.05, 3.63) is 71.4 Å². The zero-order chi connectivity index (χ0) is 26.4. The Hall–Kier alpha value is -3.62. The molecule has 38 heavy (non-hydrogen) atoms. The van der Waals surface area contributed by atoms with Crippen molar-refractivity contribution in [3.63, 3.8) is 0 Å². The molecule has 1 aliphatic rings. The highest BCUT2D eigenvalue weighted by Gasteiger charge is 2.24. The number of pyridine rings is 2. The average Bonchev–Trinajstić information content (AvgIpc) is 3.57. The Morgan fingerprint density at radius 1 is 1.03 bits per heavy atom. The number of urea groups is 1. The van der Waals surface area contributed by atoms with E-state index in [1.165, 1.54) is 0 Å². The van der Waals surface area contributed by atoms with Gasteiger partial charge in [-0.1, -0.05) is 29.3 Å². The smallest absolute Gasteiger partial charge is 0.317 e. The van der Waals surface area contributed by atoms with E-state index in [0.717, 1.165) is 53.4 Å². The van der Waals surface area contributed by atoms with Crippen LogP contribution in [0.5, 0.6) is 0 Å². The van der Waals surface area contributed by atoms with Crippen molar-refractivity contribution < 1.29 is 4.79 Å². The molecule has 0 aliphatic heterocycles. The number of carbonyl (C=O) groups excluding carboxylic acids is 1. The lowest BCUT2D eigenvalue weighted by Gasteiger charge is -2.30. The van der Waals surface area contributed by atoms with Gasteiger partial charge in [0.05, 0.1) is 33.5 Å². The molecule has 10 heteroatoms. The average molecular weight is 548 g/mol. The van der Waals surface area contributed by atoms with Crippen LogP contribution < -0.4 is 5.32 Å². The van der Waals surface area contributed by atoms with Crippen LogP contribution in [-0.2, 0) is 0 Å². The van der Waals surface area contributed by atoms with E-state index in [1.54, 1.807) is 19.0 Å². The van der Waals surface area contributed by atoms with Crippen LogP contribution in [0.2, 0.25) is 10.0 Å². The van der Waals surface area contributed by atoms with Crippen molar-refractivity contribution in [3.8, 4) is 22.4 Å². The third-order valence-electron chi connectivity index (χ3n) is 7.24. The fourth-order valence-electron chi connectivity index (χ4n) is 5.14. The first-order valence-electron chi connectivity index (χ1n) is 12.6. The van der Waals surface area contributed by atoms with Crippen molar-refractivity contribution in [2.45, 2.75) is 37.8 Å². The first-order chi connectivity index (χ1) is 18.4. The molecule has 4 aromatic heterocycles. The van der Waals surface area contributed by atoms with E-state index >= 15 is 0 Å². The Kier molecular flexibility index (Phi) is 6.45. The first-order valence-corrected chi connectivity index (χ1v) is 13.4. The number of nitrogens with one attached hydrogen (secondary N) is 1. The lowest BCUT2D eigenvalue weighted by atomic mass is 9.91. The molecular weight excluding hydrogens is 521 g/mol. The predicted molar refractivity (Wildman–Crippen MR) is 151 cm³/mol. The standard InChI is InChI=1S/C28H27Cl2N7O/c1-35(2)28(38)33-19-6-8-20(9-7-19)37-15-18(14-32-37)17-12-21-24(31-13-17)10-11-36-16-25(34-27(21)36)26-22(29)4-3-5-23(26)30/h3-5,10-16,19-20H,6-9H2,1-2H3,(H,33,38)/t19-,20-. The topological polar surface area (TPSA) is 80.4 Å². The fourth-order valence-corrected chi connectivity index (χ4v) is 5.73. The van der Waals surface area contributed by atoms with E-state index in [2.05, 4.69) is 27.4 Å². The number of aromatic nitrogens is 5. The van der Waals surface area contributed by atoms with Gasteiger partial charge in [0.2, 0.25) is 0 Å². The second-order valence-corrected chi connectivity index (χ2v) is 10.8. The molecule has 0 radical (unpaired) electrons. The van der Waals surface area contributed by atoms with Crippen molar-refractivity contribution >= 4 is 45.8 Å². The number of benzene rings is 1. The molecule has 1 saturated carbocycles. The van der Waals surface area contributed by atoms with Crippen LogP contribution >= 0.6 is 23.2 Å². The van der Waals surface area contributed by atoms with E-state index < -0.39 is 0 Å². The Morgan fingerprint density at radius 2 is 1.79 bits per heavy atom. The second kappa shape index (κ2) is 9.93. The predicted octanol–water partition coefficient (Wildman–Crippen LogP) is 6.47. The second-order valence-electron chi connectivity index (χ2n) is 9.98. The molecule has 1 aromatic carbocycles. The third-order valence-corrected chi connectivity index (χ3v) is 7.87. The maximum atomic E-state index is 12.0. The Bertz CT molecular complexity index is 1630. The highest BCUT2D eigenvalue weighted by molar-refractivity contribution is 6.39. The van der Waals surface area contributed by atoms with Crippen LogP contribution in [0.15, 0.2) is 61.3 Å². The summed E-state index contributed by atoms with van der Waals surface area (Å²) in [6.07, 6.45) is 13.6. The van der Waals surface area contributed by atoms with Crippen LogP contribution in [0.25, 0.3) is 38.9 Å². The lowest BCUT2D eigenvalue weighted by molar-refractivity contribution is 0.203. The molecular formula is C28H27Cl2N7O. The number of fused-ring (bicyclic) bond motifs is 3. The first kappa shape index (κ1) is 24.7. The molecule has 1 N–H and O–H groups in total. The van der Waals surface area contributed by atoms with Crippen LogP contribution in [0.1, 0.15) is 31.7 Å². The van der Waals surface area contributed by atoms with Gasteiger partial charge in [0, 0.05) is 67.0 Å². The number of imidazole rings is 1. The molecule has 194 valence electrons. The molecule has 0 unspecified atom stereocenters. The van der Waals surface area contributed by atoms with Gasteiger partial charge in [0.25, 0.3) is 0 Å². The molecule has 6 rings (SSSR count). The lowest BCUT2D eigenvalue weighted by Crippen LogP contribution is -2.43. The number of rotatable bonds is 4. The summed E-state index contributed by atoms with van der Waals surface area (Å²) < 4.78 is 4.02. The quantitative estimate of drug-likeness (QED) is 0.279. The zero-order valence-electron chi connectivity index (χ0n) is 21.1. The largest absolute Gasteiger partial charge is 0.335 e. The van der Waals surface area contributed by atoms with Gasteiger partial charge in [-0.2, -0.15) is 5.10 Å². The van der Waals surface area contributed by atoms with Crippen molar-refractivity contribution in [1.29, 1.82) is 0 Å². The van der Waals surface area contributed by atoms with E-state index in [-0.39, 0.29) is 12.1 Å². The Balaban J connectivity index is 1.27. The van der Waals surface area contributed by atoms with E-state index in [4.69, 9.17) is 33.2 Å². The number of nitrogens with zero attached hydrogens (tertiary/aromatic N) is 6. The Morgan fingerprint density at radius 3 is 2.53 bits per heavy atom. The molecule has 4 heterocycles. The number of amides is 2. The van der Waals surface area contributed by atoms with E-state index in [1.807, 2.05) is 53.5 Å². The van der Waals surface area contributed by atoms with Crippen molar-refractivity contribution in [2.24, 2.45) is 0 Å². The molecule has 0 spiro atoms. The van der Waals surface area contributed by atoms with Gasteiger partial charge in [-0.3, -0.25) is 9.67 Å². The minimum atomic E-state index is -0.0349. The minimum absolute atomic E-state index is 0.0349. The van der Waals surface area contributed by atoms with Gasteiger partial charge in [-0.25, -0.2) is 9.78 Å². The summed E-state index contributed by atoms with van der Waals surface area (Å²) >= 11 is 12.9. The number of carbonyl (C=O) groups is 1. The summed E-state index contributed by atoms with van der Waals surface area (Å²) in [7, 11) is 3.53. The van der Waals surface area contributed by atoms with Crippen molar-refractivity contribution in [2.75, 3.05) is 14.1 Å². The molecule has 1 aliphatic carbocycles. The summed E-state index contributed by atoms with van der Waals surface area (Å²) in [5, 5.41) is 9.83. The highest BCUT2D eigenvalue weighted by atomic mass is 35.5. The van der Waals surface area contributed by atoms with Gasteiger partial charge in [0.1, 0.15) is 5.65 Å². The molecule has 0 atom stereocenters.